The Morgan fingerprint density at radius 3 is 2.89 bits per heavy atom. The first kappa shape index (κ1) is 21.8. The Morgan fingerprint density at radius 1 is 1.20 bits per heavy atom. The Morgan fingerprint density at radius 2 is 2.06 bits per heavy atom. The number of aromatic nitrogens is 4. The molecule has 9 nitrogen and oxygen atoms in total. The van der Waals surface area contributed by atoms with Crippen LogP contribution in [0.25, 0.3) is 0 Å². The first-order chi connectivity index (χ1) is 17.0. The summed E-state index contributed by atoms with van der Waals surface area (Å²) in [5.41, 5.74) is 2.58. The molecule has 6 rings (SSSR count). The van der Waals surface area contributed by atoms with Crippen molar-refractivity contribution in [2.24, 2.45) is 5.41 Å². The van der Waals surface area contributed by atoms with E-state index in [-0.39, 0.29) is 34.8 Å². The lowest BCUT2D eigenvalue weighted by Gasteiger charge is -2.58. The van der Waals surface area contributed by atoms with E-state index in [0.717, 1.165) is 56.4 Å². The number of nitrogens with one attached hydrogen (secondary N) is 1. The van der Waals surface area contributed by atoms with Crippen LogP contribution in [0.3, 0.4) is 0 Å². The third-order valence-electron chi connectivity index (χ3n) is 7.12. The molecule has 180 valence electrons. The van der Waals surface area contributed by atoms with E-state index < -0.39 is 5.82 Å². The fraction of sp³-hybridized carbons (Fsp3) is 0.400. The molecule has 0 bridgehead atoms. The number of nitrogens with zero attached hydrogens (tertiary/aromatic N) is 5. The van der Waals surface area contributed by atoms with Crippen LogP contribution >= 0.6 is 0 Å². The van der Waals surface area contributed by atoms with Crippen LogP contribution in [0.4, 0.5) is 10.2 Å². The monoisotopic (exact) mass is 476 g/mol. The third kappa shape index (κ3) is 3.97. The Kier molecular flexibility index (Phi) is 5.32. The number of hydrogen-bond acceptors (Lipinski definition) is 9. The molecule has 2 aliphatic heterocycles. The summed E-state index contributed by atoms with van der Waals surface area (Å²) in [7, 11) is 0. The number of carbonyl (C=O) groups is 1. The third-order valence-corrected chi connectivity index (χ3v) is 7.12. The van der Waals surface area contributed by atoms with E-state index in [2.05, 4.69) is 37.3 Å². The van der Waals surface area contributed by atoms with Crippen molar-refractivity contribution >= 4 is 12.1 Å². The first-order valence-corrected chi connectivity index (χ1v) is 11.8. The SMILES string of the molecule is CC1NCCc2nccc(OC3CC4(C3)CN(c3ncnnc3Oc3ccc(F)cc3C=O)C4)c21. The largest absolute Gasteiger partial charge is 0.490 e. The smallest absolute Gasteiger partial charge is 0.282 e. The molecule has 0 radical (unpaired) electrons. The minimum atomic E-state index is -0.513. The van der Waals surface area contributed by atoms with Crippen molar-refractivity contribution in [2.75, 3.05) is 24.5 Å². The highest BCUT2D eigenvalue weighted by atomic mass is 19.1. The molecule has 1 unspecified atom stereocenters. The number of fused-ring (bicyclic) bond motifs is 1. The summed E-state index contributed by atoms with van der Waals surface area (Å²) in [6.07, 6.45) is 6.77. The van der Waals surface area contributed by atoms with E-state index in [1.165, 1.54) is 24.0 Å². The molecule has 4 heterocycles. The first-order valence-electron chi connectivity index (χ1n) is 11.8. The molecule has 1 N–H and O–H groups in total. The van der Waals surface area contributed by atoms with Gasteiger partial charge in [-0.1, -0.05) is 0 Å². The molecule has 1 saturated carbocycles. The van der Waals surface area contributed by atoms with Gasteiger partial charge in [0.1, 0.15) is 29.7 Å². The Hall–Kier alpha value is -3.66. The number of ether oxygens (including phenoxy) is 2. The minimum absolute atomic E-state index is 0.100. The highest BCUT2D eigenvalue weighted by Crippen LogP contribution is 2.52. The van der Waals surface area contributed by atoms with E-state index in [4.69, 9.17) is 9.47 Å². The topological polar surface area (TPSA) is 102 Å². The van der Waals surface area contributed by atoms with Crippen LogP contribution in [-0.2, 0) is 6.42 Å². The quantitative estimate of drug-likeness (QED) is 0.537. The van der Waals surface area contributed by atoms with E-state index >= 15 is 0 Å². The van der Waals surface area contributed by atoms with Gasteiger partial charge in [-0.15, -0.1) is 10.2 Å². The molecule has 3 aromatic rings. The molecule has 1 aliphatic carbocycles. The molecule has 1 spiro atoms. The van der Waals surface area contributed by atoms with E-state index in [1.54, 1.807) is 0 Å². The zero-order valence-electron chi connectivity index (χ0n) is 19.3. The minimum Gasteiger partial charge on any atom is -0.490 e. The van der Waals surface area contributed by atoms with Gasteiger partial charge < -0.3 is 19.7 Å². The van der Waals surface area contributed by atoms with Crippen LogP contribution in [0.1, 0.15) is 47.4 Å². The summed E-state index contributed by atoms with van der Waals surface area (Å²) in [5, 5.41) is 11.4. The van der Waals surface area contributed by atoms with Crippen LogP contribution in [0, 0.1) is 11.2 Å². The molecular weight excluding hydrogens is 451 g/mol. The second-order valence-corrected chi connectivity index (χ2v) is 9.59. The van der Waals surface area contributed by atoms with Gasteiger partial charge in [0.05, 0.1) is 11.3 Å². The lowest BCUT2D eigenvalue weighted by Crippen LogP contribution is -2.65. The number of hydrogen-bond donors (Lipinski definition) is 1. The van der Waals surface area contributed by atoms with Crippen molar-refractivity contribution in [2.45, 2.75) is 38.3 Å². The van der Waals surface area contributed by atoms with Crippen LogP contribution in [0.2, 0.25) is 0 Å². The summed E-state index contributed by atoms with van der Waals surface area (Å²) in [6, 6.07) is 5.96. The number of pyridine rings is 1. The zero-order chi connectivity index (χ0) is 24.0. The highest BCUT2D eigenvalue weighted by Gasteiger charge is 2.54. The van der Waals surface area contributed by atoms with Crippen molar-refractivity contribution in [1.29, 1.82) is 0 Å². The molecular formula is C25H25FN6O3. The standard InChI is InChI=1S/C25H25FN6O3/c1-15-22-19(4-6-27-15)28-7-5-21(22)34-18-9-25(10-18)12-32(13-25)23-24(31-30-14-29-23)35-20-3-2-17(26)8-16(20)11-33/h2-3,5,7-8,11,14-15,18,27H,4,6,9-10,12-13H2,1H3. The lowest BCUT2D eigenvalue weighted by molar-refractivity contribution is -0.0351. The Bertz CT molecular complexity index is 1270. The van der Waals surface area contributed by atoms with Gasteiger partial charge in [0.2, 0.25) is 0 Å². The fourth-order valence-electron chi connectivity index (χ4n) is 5.46. The summed E-state index contributed by atoms with van der Waals surface area (Å²) in [5.74, 6) is 1.38. The van der Waals surface area contributed by atoms with Gasteiger partial charge in [-0.3, -0.25) is 9.78 Å². The molecule has 2 fully saturated rings. The molecule has 10 heteroatoms. The van der Waals surface area contributed by atoms with Gasteiger partial charge in [-0.25, -0.2) is 9.37 Å². The zero-order valence-corrected chi connectivity index (χ0v) is 19.3. The second-order valence-electron chi connectivity index (χ2n) is 9.59. The van der Waals surface area contributed by atoms with Crippen LogP contribution in [0.5, 0.6) is 17.4 Å². The Labute approximate surface area is 201 Å². The summed E-state index contributed by atoms with van der Waals surface area (Å²) >= 11 is 0. The van der Waals surface area contributed by atoms with Gasteiger partial charge in [0.25, 0.3) is 5.88 Å². The fourth-order valence-corrected chi connectivity index (χ4v) is 5.46. The van der Waals surface area contributed by atoms with Gasteiger partial charge in [-0.05, 0) is 44.0 Å². The summed E-state index contributed by atoms with van der Waals surface area (Å²) in [4.78, 5) is 22.3. The predicted octanol–water partition coefficient (Wildman–Crippen LogP) is 3.27. The van der Waals surface area contributed by atoms with Gasteiger partial charge in [0, 0.05) is 49.3 Å². The average molecular weight is 477 g/mol. The van der Waals surface area contributed by atoms with Crippen LogP contribution in [0.15, 0.2) is 36.8 Å². The molecule has 1 atom stereocenters. The molecule has 1 aromatic carbocycles. The molecule has 35 heavy (non-hydrogen) atoms. The molecule has 1 saturated heterocycles. The van der Waals surface area contributed by atoms with Crippen molar-refractivity contribution in [3.8, 4) is 17.4 Å². The van der Waals surface area contributed by atoms with Crippen molar-refractivity contribution in [1.82, 2.24) is 25.5 Å². The summed E-state index contributed by atoms with van der Waals surface area (Å²) < 4.78 is 25.7. The van der Waals surface area contributed by atoms with Crippen LogP contribution in [-0.4, -0.2) is 52.2 Å². The second kappa shape index (κ2) is 8.53. The number of carbonyl (C=O) groups excluding carboxylic acids is 1. The maximum absolute atomic E-state index is 13.5. The van der Waals surface area contributed by atoms with Gasteiger partial charge >= 0.3 is 0 Å². The van der Waals surface area contributed by atoms with E-state index in [9.17, 15) is 9.18 Å². The van der Waals surface area contributed by atoms with Crippen molar-refractivity contribution in [3.05, 3.63) is 59.4 Å². The molecule has 2 aromatic heterocycles. The lowest BCUT2D eigenvalue weighted by atomic mass is 9.61. The number of anilines is 1. The number of halogens is 1. The normalized spacial score (nSPS) is 20.5. The van der Waals surface area contributed by atoms with Gasteiger partial charge in [0.15, 0.2) is 12.1 Å². The number of rotatable bonds is 6. The Balaban J connectivity index is 1.11. The predicted molar refractivity (Wildman–Crippen MR) is 124 cm³/mol. The van der Waals surface area contributed by atoms with Crippen molar-refractivity contribution in [3.63, 3.8) is 0 Å². The van der Waals surface area contributed by atoms with Crippen LogP contribution < -0.4 is 19.7 Å². The summed E-state index contributed by atoms with van der Waals surface area (Å²) in [6.45, 7) is 4.70. The maximum Gasteiger partial charge on any atom is 0.282 e. The average Bonchev–Trinajstić information content (AvgIpc) is 2.81. The number of aldehydes is 1. The molecule has 3 aliphatic rings. The van der Waals surface area contributed by atoms with Gasteiger partial charge in [-0.2, -0.15) is 0 Å². The number of benzene rings is 1. The van der Waals surface area contributed by atoms with E-state index in [0.29, 0.717) is 12.1 Å². The van der Waals surface area contributed by atoms with Crippen molar-refractivity contribution < 1.29 is 18.7 Å². The molecule has 0 amide bonds. The maximum atomic E-state index is 13.5. The van der Waals surface area contributed by atoms with E-state index in [1.807, 2.05) is 12.3 Å². The highest BCUT2D eigenvalue weighted by molar-refractivity contribution is 5.79.